The summed E-state index contributed by atoms with van der Waals surface area (Å²) < 4.78 is 5.09. The summed E-state index contributed by atoms with van der Waals surface area (Å²) in [5.74, 6) is 0.337. The fraction of sp³-hybridized carbons (Fsp3) is 0.400. The molecule has 2 heterocycles. The molecular formula is C15H17ClN2O2. The van der Waals surface area contributed by atoms with E-state index >= 15 is 0 Å². The van der Waals surface area contributed by atoms with Gasteiger partial charge in [0.25, 0.3) is 0 Å². The number of nitrogens with zero attached hydrogens (tertiary/aromatic N) is 1. The number of fused-ring (bicyclic) bond motifs is 3. The van der Waals surface area contributed by atoms with Gasteiger partial charge in [-0.25, -0.2) is 4.79 Å². The second-order valence-corrected chi connectivity index (χ2v) is 5.30. The van der Waals surface area contributed by atoms with E-state index in [1.54, 1.807) is 4.90 Å². The molecule has 106 valence electrons. The van der Waals surface area contributed by atoms with Gasteiger partial charge in [-0.3, -0.25) is 0 Å². The van der Waals surface area contributed by atoms with E-state index in [0.29, 0.717) is 19.0 Å². The smallest absolute Gasteiger partial charge is 0.409 e. The summed E-state index contributed by atoms with van der Waals surface area (Å²) in [6.45, 7) is 1.64. The quantitative estimate of drug-likeness (QED) is 0.865. The molecule has 0 saturated heterocycles. The number of hydrogen-bond acceptors (Lipinski definition) is 2. The largest absolute Gasteiger partial charge is 0.448 e. The highest BCUT2D eigenvalue weighted by molar-refractivity contribution is 6.18. The fourth-order valence-electron chi connectivity index (χ4n) is 2.76. The van der Waals surface area contributed by atoms with Crippen molar-refractivity contribution in [2.75, 3.05) is 25.6 Å². The van der Waals surface area contributed by atoms with Crippen LogP contribution in [0.4, 0.5) is 4.79 Å². The number of para-hydroxylation sites is 1. The van der Waals surface area contributed by atoms with Crippen molar-refractivity contribution in [1.29, 1.82) is 0 Å². The lowest BCUT2D eigenvalue weighted by molar-refractivity contribution is 0.109. The van der Waals surface area contributed by atoms with Gasteiger partial charge < -0.3 is 14.6 Å². The first kappa shape index (κ1) is 13.3. The van der Waals surface area contributed by atoms with Crippen molar-refractivity contribution < 1.29 is 9.53 Å². The Kier molecular flexibility index (Phi) is 3.83. The van der Waals surface area contributed by atoms with Gasteiger partial charge in [-0.05, 0) is 18.1 Å². The molecule has 3 rings (SSSR count). The Labute approximate surface area is 122 Å². The van der Waals surface area contributed by atoms with Crippen LogP contribution in [0.15, 0.2) is 24.3 Å². The van der Waals surface area contributed by atoms with Crippen LogP contribution < -0.4 is 0 Å². The molecule has 1 amide bonds. The minimum atomic E-state index is -0.264. The number of carbonyl (C=O) groups excluding carboxylic acids is 1. The normalized spacial score (nSPS) is 14.9. The average Bonchev–Trinajstić information content (AvgIpc) is 2.69. The Hall–Kier alpha value is -1.68. The van der Waals surface area contributed by atoms with Gasteiger partial charge in [-0.2, -0.15) is 0 Å². The molecule has 20 heavy (non-hydrogen) atoms. The minimum Gasteiger partial charge on any atom is -0.448 e. The summed E-state index contributed by atoms with van der Waals surface area (Å²) >= 11 is 5.54. The zero-order chi connectivity index (χ0) is 13.9. The maximum Gasteiger partial charge on any atom is 0.409 e. The van der Waals surface area contributed by atoms with E-state index in [1.807, 2.05) is 12.1 Å². The second-order valence-electron chi connectivity index (χ2n) is 4.92. The molecule has 4 nitrogen and oxygen atoms in total. The van der Waals surface area contributed by atoms with Crippen molar-refractivity contribution in [3.05, 3.63) is 35.5 Å². The van der Waals surface area contributed by atoms with Gasteiger partial charge in [0.2, 0.25) is 0 Å². The minimum absolute atomic E-state index is 0.264. The van der Waals surface area contributed by atoms with Crippen molar-refractivity contribution >= 4 is 28.6 Å². The number of aromatic amines is 1. The molecular weight excluding hydrogens is 276 g/mol. The molecule has 0 saturated carbocycles. The van der Waals surface area contributed by atoms with Crippen molar-refractivity contribution in [1.82, 2.24) is 9.88 Å². The predicted octanol–water partition coefficient (Wildman–Crippen LogP) is 2.94. The van der Waals surface area contributed by atoms with Crippen molar-refractivity contribution in [3.63, 3.8) is 0 Å². The highest BCUT2D eigenvalue weighted by Gasteiger charge is 2.21. The van der Waals surface area contributed by atoms with Gasteiger partial charge >= 0.3 is 6.09 Å². The van der Waals surface area contributed by atoms with Gasteiger partial charge in [0.15, 0.2) is 0 Å². The average molecular weight is 293 g/mol. The van der Waals surface area contributed by atoms with Crippen LogP contribution in [0.25, 0.3) is 10.9 Å². The van der Waals surface area contributed by atoms with E-state index in [0.717, 1.165) is 12.8 Å². The molecule has 0 radical (unpaired) electrons. The molecule has 1 aromatic heterocycles. The third-order valence-corrected chi connectivity index (χ3v) is 3.88. The van der Waals surface area contributed by atoms with E-state index in [-0.39, 0.29) is 12.7 Å². The lowest BCUT2D eigenvalue weighted by Gasteiger charge is -2.19. The summed E-state index contributed by atoms with van der Waals surface area (Å²) in [4.78, 5) is 17.1. The number of carbonyl (C=O) groups is 1. The number of halogens is 1. The number of rotatable bonds is 2. The summed E-state index contributed by atoms with van der Waals surface area (Å²) in [5.41, 5.74) is 3.74. The van der Waals surface area contributed by atoms with Crippen LogP contribution in [0, 0.1) is 0 Å². The summed E-state index contributed by atoms with van der Waals surface area (Å²) in [7, 11) is 0. The Bertz CT molecular complexity index is 623. The summed E-state index contributed by atoms with van der Waals surface area (Å²) in [5, 5.41) is 1.26. The van der Waals surface area contributed by atoms with Crippen LogP contribution in [0.5, 0.6) is 0 Å². The maximum atomic E-state index is 11.9. The van der Waals surface area contributed by atoms with E-state index in [9.17, 15) is 4.79 Å². The SMILES string of the molecule is O=C(OCCCl)N1CCc2[nH]c3ccccc3c2CC1. The molecule has 1 N–H and O–H groups in total. The van der Waals surface area contributed by atoms with Crippen LogP contribution in [-0.4, -0.2) is 41.6 Å². The van der Waals surface area contributed by atoms with Gasteiger partial charge in [0, 0.05) is 36.1 Å². The summed E-state index contributed by atoms with van der Waals surface area (Å²) in [6.07, 6.45) is 1.43. The highest BCUT2D eigenvalue weighted by Crippen LogP contribution is 2.25. The molecule has 0 bridgehead atoms. The van der Waals surface area contributed by atoms with E-state index in [2.05, 4.69) is 17.1 Å². The Morgan fingerprint density at radius 3 is 2.95 bits per heavy atom. The lowest BCUT2D eigenvalue weighted by atomic mass is 10.1. The highest BCUT2D eigenvalue weighted by atomic mass is 35.5. The zero-order valence-corrected chi connectivity index (χ0v) is 11.9. The molecule has 2 aromatic rings. The molecule has 0 spiro atoms. The van der Waals surface area contributed by atoms with Crippen LogP contribution in [0.2, 0.25) is 0 Å². The first-order chi connectivity index (χ1) is 9.79. The number of H-pyrrole nitrogens is 1. The van der Waals surface area contributed by atoms with Crippen LogP contribution in [0.1, 0.15) is 11.3 Å². The van der Waals surface area contributed by atoms with Crippen LogP contribution in [-0.2, 0) is 17.6 Å². The van der Waals surface area contributed by atoms with Gasteiger partial charge in [0.05, 0.1) is 5.88 Å². The first-order valence-electron chi connectivity index (χ1n) is 6.85. The number of aromatic nitrogens is 1. The fourth-order valence-corrected chi connectivity index (χ4v) is 2.84. The third kappa shape index (κ3) is 2.48. The van der Waals surface area contributed by atoms with Crippen molar-refractivity contribution in [2.24, 2.45) is 0 Å². The van der Waals surface area contributed by atoms with E-state index in [4.69, 9.17) is 16.3 Å². The zero-order valence-electron chi connectivity index (χ0n) is 11.2. The molecule has 1 aromatic carbocycles. The number of benzene rings is 1. The Morgan fingerprint density at radius 2 is 2.10 bits per heavy atom. The summed E-state index contributed by atoms with van der Waals surface area (Å²) in [6, 6.07) is 8.31. The monoisotopic (exact) mass is 292 g/mol. The molecule has 0 aliphatic carbocycles. The number of nitrogens with one attached hydrogen (secondary N) is 1. The second kappa shape index (κ2) is 5.75. The number of ether oxygens (including phenoxy) is 1. The first-order valence-corrected chi connectivity index (χ1v) is 7.39. The maximum absolute atomic E-state index is 11.9. The molecule has 0 fully saturated rings. The predicted molar refractivity (Wildman–Crippen MR) is 79.3 cm³/mol. The number of amides is 1. The molecule has 1 aliphatic heterocycles. The molecule has 1 aliphatic rings. The third-order valence-electron chi connectivity index (χ3n) is 3.73. The van der Waals surface area contributed by atoms with Crippen LogP contribution in [0.3, 0.4) is 0 Å². The Balaban J connectivity index is 1.77. The lowest BCUT2D eigenvalue weighted by Crippen LogP contribution is -2.34. The standard InChI is InChI=1S/C15H17ClN2O2/c16-7-10-20-15(19)18-8-5-12-11-3-1-2-4-13(11)17-14(12)6-9-18/h1-4,17H,5-10H2. The number of hydrogen-bond donors (Lipinski definition) is 1. The molecule has 0 atom stereocenters. The Morgan fingerprint density at radius 1 is 1.30 bits per heavy atom. The van der Waals surface area contributed by atoms with Gasteiger partial charge in [-0.1, -0.05) is 18.2 Å². The molecule has 0 unspecified atom stereocenters. The van der Waals surface area contributed by atoms with E-state index < -0.39 is 0 Å². The van der Waals surface area contributed by atoms with Crippen molar-refractivity contribution in [2.45, 2.75) is 12.8 Å². The van der Waals surface area contributed by atoms with Crippen molar-refractivity contribution in [3.8, 4) is 0 Å². The number of alkyl halides is 1. The molecule has 5 heteroatoms. The van der Waals surface area contributed by atoms with Gasteiger partial charge in [-0.15, -0.1) is 11.6 Å². The topological polar surface area (TPSA) is 45.3 Å². The van der Waals surface area contributed by atoms with Gasteiger partial charge in [0.1, 0.15) is 6.61 Å². The van der Waals surface area contributed by atoms with Crippen LogP contribution >= 0.6 is 11.6 Å². The van der Waals surface area contributed by atoms with E-state index in [1.165, 1.54) is 22.2 Å².